The zero-order chi connectivity index (χ0) is 18.7. The number of nitriles is 1. The Balaban J connectivity index is 1.69. The van der Waals surface area contributed by atoms with Gasteiger partial charge in [0.2, 0.25) is 5.91 Å². The number of thiophene rings is 1. The van der Waals surface area contributed by atoms with Crippen LogP contribution in [0, 0.1) is 18.3 Å². The van der Waals surface area contributed by atoms with Crippen molar-refractivity contribution in [1.82, 2.24) is 14.8 Å². The van der Waals surface area contributed by atoms with Crippen LogP contribution < -0.4 is 5.32 Å². The Labute approximate surface area is 162 Å². The summed E-state index contributed by atoms with van der Waals surface area (Å²) in [6, 6.07) is 2.54. The molecule has 3 rings (SSSR count). The summed E-state index contributed by atoms with van der Waals surface area (Å²) in [5.41, 5.74) is 1.81. The maximum atomic E-state index is 12.4. The lowest BCUT2D eigenvalue weighted by atomic mass is 10.1. The third-order valence-corrected chi connectivity index (χ3v) is 6.62. The number of carbonyl (C=O) groups excluding carboxylic acids is 1. The number of amides is 1. The van der Waals surface area contributed by atoms with E-state index in [2.05, 4.69) is 35.4 Å². The molecule has 0 aliphatic heterocycles. The molecule has 0 saturated carbocycles. The molecule has 26 heavy (non-hydrogen) atoms. The van der Waals surface area contributed by atoms with Gasteiger partial charge < -0.3 is 9.88 Å². The fourth-order valence-corrected chi connectivity index (χ4v) is 5.45. The third-order valence-electron chi connectivity index (χ3n) is 4.47. The van der Waals surface area contributed by atoms with E-state index in [1.54, 1.807) is 11.3 Å². The van der Waals surface area contributed by atoms with Crippen molar-refractivity contribution in [3.05, 3.63) is 21.8 Å². The molecule has 1 aliphatic carbocycles. The molecule has 2 heterocycles. The van der Waals surface area contributed by atoms with Crippen LogP contribution in [0.25, 0.3) is 0 Å². The molecule has 0 atom stereocenters. The van der Waals surface area contributed by atoms with Crippen LogP contribution in [0.4, 0.5) is 5.00 Å². The number of thioether (sulfide) groups is 1. The van der Waals surface area contributed by atoms with Gasteiger partial charge in [-0.15, -0.1) is 21.5 Å². The zero-order valence-corrected chi connectivity index (χ0v) is 17.0. The van der Waals surface area contributed by atoms with Crippen LogP contribution in [0.15, 0.2) is 5.16 Å². The van der Waals surface area contributed by atoms with E-state index in [-0.39, 0.29) is 17.7 Å². The molecular formula is C18H23N5OS2. The van der Waals surface area contributed by atoms with Gasteiger partial charge in [-0.25, -0.2) is 0 Å². The first kappa shape index (κ1) is 18.9. The zero-order valence-electron chi connectivity index (χ0n) is 15.3. The maximum absolute atomic E-state index is 12.4. The monoisotopic (exact) mass is 389 g/mol. The van der Waals surface area contributed by atoms with Gasteiger partial charge in [0.25, 0.3) is 0 Å². The number of nitrogens with zero attached hydrogens (tertiary/aromatic N) is 4. The molecule has 0 saturated heterocycles. The second kappa shape index (κ2) is 8.23. The average molecular weight is 390 g/mol. The Morgan fingerprint density at radius 2 is 2.12 bits per heavy atom. The summed E-state index contributed by atoms with van der Waals surface area (Å²) in [7, 11) is 0. The number of aromatic nitrogens is 3. The van der Waals surface area contributed by atoms with Crippen molar-refractivity contribution in [3.63, 3.8) is 0 Å². The summed E-state index contributed by atoms with van der Waals surface area (Å²) in [5, 5.41) is 22.2. The highest BCUT2D eigenvalue weighted by Gasteiger charge is 2.21. The predicted molar refractivity (Wildman–Crippen MR) is 105 cm³/mol. The van der Waals surface area contributed by atoms with Crippen molar-refractivity contribution >= 4 is 34.0 Å². The minimum absolute atomic E-state index is 0.112. The van der Waals surface area contributed by atoms with Crippen molar-refractivity contribution in [2.75, 3.05) is 11.1 Å². The highest BCUT2D eigenvalue weighted by molar-refractivity contribution is 7.99. The number of anilines is 1. The lowest BCUT2D eigenvalue weighted by Gasteiger charge is -2.11. The van der Waals surface area contributed by atoms with Gasteiger partial charge in [-0.05, 0) is 52.0 Å². The van der Waals surface area contributed by atoms with E-state index in [1.807, 2.05) is 11.5 Å². The lowest BCUT2D eigenvalue weighted by molar-refractivity contribution is -0.113. The highest BCUT2D eigenvalue weighted by atomic mass is 32.2. The summed E-state index contributed by atoms with van der Waals surface area (Å²) >= 11 is 2.94. The fourth-order valence-electron chi connectivity index (χ4n) is 3.28. The van der Waals surface area contributed by atoms with E-state index in [4.69, 9.17) is 0 Å². The second-order valence-corrected chi connectivity index (χ2v) is 8.76. The van der Waals surface area contributed by atoms with E-state index in [0.717, 1.165) is 42.2 Å². The molecule has 2 aromatic heterocycles. The van der Waals surface area contributed by atoms with Crippen molar-refractivity contribution in [3.8, 4) is 6.07 Å². The van der Waals surface area contributed by atoms with Gasteiger partial charge in [-0.1, -0.05) is 18.2 Å². The highest BCUT2D eigenvalue weighted by Crippen LogP contribution is 2.37. The Bertz CT molecular complexity index is 847. The first-order valence-electron chi connectivity index (χ1n) is 8.90. The number of hydrogen-bond donors (Lipinski definition) is 1. The molecule has 0 fully saturated rings. The molecule has 0 bridgehead atoms. The SMILES string of the molecule is Cc1nnc(SCC(=O)Nc2sc3c(c2C#N)CCCCC3)n1C(C)C. The summed E-state index contributed by atoms with van der Waals surface area (Å²) in [6.07, 6.45) is 5.43. The minimum atomic E-state index is -0.112. The number of rotatable bonds is 5. The Morgan fingerprint density at radius 3 is 2.85 bits per heavy atom. The standard InChI is InChI=1S/C18H23N5OS2/c1-11(2)23-12(3)21-22-18(23)25-10-16(24)20-17-14(9-19)13-7-5-4-6-8-15(13)26-17/h11H,4-8,10H2,1-3H3,(H,20,24). The molecule has 138 valence electrons. The molecule has 1 amide bonds. The third kappa shape index (κ3) is 3.94. The first-order chi connectivity index (χ1) is 12.5. The second-order valence-electron chi connectivity index (χ2n) is 6.71. The fraction of sp³-hybridized carbons (Fsp3) is 0.556. The molecule has 0 unspecified atom stereocenters. The molecule has 1 aliphatic rings. The number of hydrogen-bond acceptors (Lipinski definition) is 6. The smallest absolute Gasteiger partial charge is 0.235 e. The van der Waals surface area contributed by atoms with Crippen LogP contribution in [0.1, 0.15) is 61.0 Å². The average Bonchev–Trinajstić information content (AvgIpc) is 3.04. The van der Waals surface area contributed by atoms with Crippen molar-refractivity contribution in [1.29, 1.82) is 5.26 Å². The van der Waals surface area contributed by atoms with Crippen molar-refractivity contribution in [2.45, 2.75) is 64.1 Å². The first-order valence-corrected chi connectivity index (χ1v) is 10.7. The van der Waals surface area contributed by atoms with E-state index < -0.39 is 0 Å². The van der Waals surface area contributed by atoms with Gasteiger partial charge in [0.1, 0.15) is 16.9 Å². The van der Waals surface area contributed by atoms with E-state index >= 15 is 0 Å². The number of aryl methyl sites for hydroxylation is 2. The Hall–Kier alpha value is -1.85. The van der Waals surface area contributed by atoms with Crippen LogP contribution in [0.5, 0.6) is 0 Å². The van der Waals surface area contributed by atoms with Crippen molar-refractivity contribution < 1.29 is 4.79 Å². The number of nitrogens with one attached hydrogen (secondary N) is 1. The summed E-state index contributed by atoms with van der Waals surface area (Å²) in [6.45, 7) is 6.05. The number of carbonyl (C=O) groups is 1. The van der Waals surface area contributed by atoms with Crippen LogP contribution in [-0.2, 0) is 17.6 Å². The summed E-state index contributed by atoms with van der Waals surface area (Å²) in [4.78, 5) is 13.7. The maximum Gasteiger partial charge on any atom is 0.235 e. The van der Waals surface area contributed by atoms with Crippen LogP contribution in [-0.4, -0.2) is 26.4 Å². The van der Waals surface area contributed by atoms with E-state index in [1.165, 1.54) is 23.1 Å². The molecule has 2 aromatic rings. The molecule has 1 N–H and O–H groups in total. The van der Waals surface area contributed by atoms with Crippen LogP contribution in [0.3, 0.4) is 0 Å². The van der Waals surface area contributed by atoms with Gasteiger partial charge in [0.05, 0.1) is 11.3 Å². The van der Waals surface area contributed by atoms with Gasteiger partial charge in [0.15, 0.2) is 5.16 Å². The molecule has 0 radical (unpaired) electrons. The topological polar surface area (TPSA) is 83.6 Å². The Kier molecular flexibility index (Phi) is 5.99. The van der Waals surface area contributed by atoms with E-state index in [9.17, 15) is 10.1 Å². The summed E-state index contributed by atoms with van der Waals surface area (Å²) in [5.74, 6) is 0.980. The van der Waals surface area contributed by atoms with Crippen LogP contribution >= 0.6 is 23.1 Å². The van der Waals surface area contributed by atoms with Crippen molar-refractivity contribution in [2.24, 2.45) is 0 Å². The molecular weight excluding hydrogens is 366 g/mol. The molecule has 0 aromatic carbocycles. The van der Waals surface area contributed by atoms with Gasteiger partial charge in [0, 0.05) is 10.9 Å². The van der Waals surface area contributed by atoms with Gasteiger partial charge in [-0.3, -0.25) is 4.79 Å². The summed E-state index contributed by atoms with van der Waals surface area (Å²) < 4.78 is 2.02. The largest absolute Gasteiger partial charge is 0.316 e. The van der Waals surface area contributed by atoms with E-state index in [0.29, 0.717) is 10.6 Å². The molecule has 0 spiro atoms. The van der Waals surface area contributed by atoms with Crippen LogP contribution in [0.2, 0.25) is 0 Å². The normalized spacial score (nSPS) is 14.0. The lowest BCUT2D eigenvalue weighted by Crippen LogP contribution is -2.15. The quantitative estimate of drug-likeness (QED) is 0.615. The van der Waals surface area contributed by atoms with Gasteiger partial charge in [-0.2, -0.15) is 5.26 Å². The number of fused-ring (bicyclic) bond motifs is 1. The molecule has 8 heteroatoms. The Morgan fingerprint density at radius 1 is 1.35 bits per heavy atom. The molecule has 6 nitrogen and oxygen atoms in total. The predicted octanol–water partition coefficient (Wildman–Crippen LogP) is 4.10. The van der Waals surface area contributed by atoms with Gasteiger partial charge >= 0.3 is 0 Å². The minimum Gasteiger partial charge on any atom is -0.316 e.